The quantitative estimate of drug-likeness (QED) is 0.373. The van der Waals surface area contributed by atoms with E-state index in [4.69, 9.17) is 26.8 Å². The first-order chi connectivity index (χ1) is 15.9. The Kier molecular flexibility index (Phi) is 5.76. The minimum atomic E-state index is -1.15. The molecule has 2 aromatic carbocycles. The smallest absolute Gasteiger partial charge is 0.323 e. The lowest BCUT2D eigenvalue weighted by atomic mass is 9.96. The standard InChI is InChI=1S/C24H22N2O5S2/c27-22(25(24(32)33)12-23(28)29)9-5-14-4-7-19-17(10-14)16-2-1-3-18(16)26(19)15-6-8-20-21(11-15)31-13-30-20/h4-11,16,18H,1-3,12-13H2,(H,28,29)(H,32,33)/b9-5+. The molecular weight excluding hydrogens is 460 g/mol. The van der Waals surface area contributed by atoms with Crippen LogP contribution in [0.1, 0.15) is 36.3 Å². The average molecular weight is 483 g/mol. The molecule has 2 aliphatic heterocycles. The molecule has 2 aromatic rings. The summed E-state index contributed by atoms with van der Waals surface area (Å²) in [4.78, 5) is 26.8. The normalized spacial score (nSPS) is 20.1. The molecule has 0 aromatic heterocycles. The fourth-order valence-electron chi connectivity index (χ4n) is 4.98. The number of nitrogens with zero attached hydrogens (tertiary/aromatic N) is 2. The lowest BCUT2D eigenvalue weighted by Crippen LogP contribution is -2.36. The molecule has 1 amide bonds. The number of carboxylic acids is 1. The molecule has 33 heavy (non-hydrogen) atoms. The van der Waals surface area contributed by atoms with E-state index in [1.165, 1.54) is 11.6 Å². The van der Waals surface area contributed by atoms with Crippen molar-refractivity contribution in [1.82, 2.24) is 4.90 Å². The highest BCUT2D eigenvalue weighted by Crippen LogP contribution is 2.53. The Morgan fingerprint density at radius 1 is 1.18 bits per heavy atom. The summed E-state index contributed by atoms with van der Waals surface area (Å²) >= 11 is 8.87. The molecule has 3 aliphatic rings. The van der Waals surface area contributed by atoms with E-state index in [2.05, 4.69) is 35.7 Å². The number of rotatable bonds is 5. The molecule has 0 bridgehead atoms. The Bertz CT molecular complexity index is 1180. The van der Waals surface area contributed by atoms with Crippen LogP contribution in [0.25, 0.3) is 6.08 Å². The van der Waals surface area contributed by atoms with Crippen molar-refractivity contribution in [3.8, 4) is 11.5 Å². The van der Waals surface area contributed by atoms with Gasteiger partial charge in [0.05, 0.1) is 0 Å². The zero-order chi connectivity index (χ0) is 23.1. The second-order valence-corrected chi connectivity index (χ2v) is 9.38. The molecule has 9 heteroatoms. The van der Waals surface area contributed by atoms with E-state index < -0.39 is 18.4 Å². The van der Waals surface area contributed by atoms with Crippen molar-refractivity contribution < 1.29 is 24.2 Å². The number of hydrogen-bond acceptors (Lipinski definition) is 6. The molecule has 170 valence electrons. The van der Waals surface area contributed by atoms with Crippen molar-refractivity contribution in [2.75, 3.05) is 18.2 Å². The number of aliphatic carboxylic acids is 1. The molecule has 0 saturated heterocycles. The number of benzene rings is 2. The SMILES string of the molecule is O=C(O)CN(C(=O)/C=C/c1ccc2c(c1)C1CCCC1N2c1ccc2c(c1)OCO2)C(=S)S. The monoisotopic (exact) mass is 482 g/mol. The van der Waals surface area contributed by atoms with Crippen LogP contribution in [0.4, 0.5) is 11.4 Å². The Morgan fingerprint density at radius 3 is 2.79 bits per heavy atom. The van der Waals surface area contributed by atoms with Gasteiger partial charge in [0.25, 0.3) is 5.91 Å². The van der Waals surface area contributed by atoms with Crippen LogP contribution in [-0.2, 0) is 9.59 Å². The molecule has 2 unspecified atom stereocenters. The Balaban J connectivity index is 1.43. The van der Waals surface area contributed by atoms with Crippen LogP contribution in [0.3, 0.4) is 0 Å². The van der Waals surface area contributed by atoms with E-state index >= 15 is 0 Å². The van der Waals surface area contributed by atoms with E-state index in [1.54, 1.807) is 6.08 Å². The number of amides is 1. The summed E-state index contributed by atoms with van der Waals surface area (Å²) in [6, 6.07) is 12.6. The highest BCUT2D eigenvalue weighted by atomic mass is 32.1. The highest BCUT2D eigenvalue weighted by molar-refractivity contribution is 8.11. The van der Waals surface area contributed by atoms with Gasteiger partial charge in [0.2, 0.25) is 6.79 Å². The van der Waals surface area contributed by atoms with Crippen LogP contribution in [0.15, 0.2) is 42.5 Å². The number of anilines is 2. The fraction of sp³-hybridized carbons (Fsp3) is 0.292. The van der Waals surface area contributed by atoms with Crippen molar-refractivity contribution in [1.29, 1.82) is 0 Å². The Labute approximate surface area is 202 Å². The van der Waals surface area contributed by atoms with Gasteiger partial charge in [-0.05, 0) is 54.3 Å². The first-order valence-corrected chi connectivity index (χ1v) is 11.5. The van der Waals surface area contributed by atoms with E-state index in [0.29, 0.717) is 12.0 Å². The second-order valence-electron chi connectivity index (χ2n) is 8.26. The Morgan fingerprint density at radius 2 is 2.00 bits per heavy atom. The molecular formula is C24H22N2O5S2. The van der Waals surface area contributed by atoms with E-state index in [1.807, 2.05) is 18.2 Å². The summed E-state index contributed by atoms with van der Waals surface area (Å²) in [5, 5.41) is 9.00. The lowest BCUT2D eigenvalue weighted by Gasteiger charge is -2.27. The van der Waals surface area contributed by atoms with Gasteiger partial charge in [-0.3, -0.25) is 14.5 Å². The number of carbonyl (C=O) groups excluding carboxylic acids is 1. The molecule has 5 rings (SSSR count). The van der Waals surface area contributed by atoms with Crippen molar-refractivity contribution in [3.05, 3.63) is 53.6 Å². The molecule has 2 atom stereocenters. The maximum atomic E-state index is 12.4. The molecule has 0 radical (unpaired) electrons. The number of hydrogen-bond donors (Lipinski definition) is 2. The topological polar surface area (TPSA) is 79.3 Å². The third kappa shape index (κ3) is 4.06. The van der Waals surface area contributed by atoms with E-state index in [0.717, 1.165) is 52.6 Å². The molecule has 7 nitrogen and oxygen atoms in total. The first kappa shape index (κ1) is 21.8. The van der Waals surface area contributed by atoms with E-state index in [-0.39, 0.29) is 11.1 Å². The van der Waals surface area contributed by atoms with Gasteiger partial charge in [0.15, 0.2) is 11.5 Å². The van der Waals surface area contributed by atoms with E-state index in [9.17, 15) is 9.59 Å². The molecule has 1 aliphatic carbocycles. The van der Waals surface area contributed by atoms with Gasteiger partial charge in [-0.15, -0.1) is 12.6 Å². The minimum absolute atomic E-state index is 0.0748. The van der Waals surface area contributed by atoms with Crippen molar-refractivity contribution in [3.63, 3.8) is 0 Å². The summed E-state index contributed by atoms with van der Waals surface area (Å²) < 4.78 is 11.0. The van der Waals surface area contributed by atoms with Crippen LogP contribution in [0.5, 0.6) is 11.5 Å². The maximum absolute atomic E-state index is 12.4. The van der Waals surface area contributed by atoms with Crippen LogP contribution >= 0.6 is 24.8 Å². The molecule has 1 saturated carbocycles. The van der Waals surface area contributed by atoms with Gasteiger partial charge in [0.1, 0.15) is 10.9 Å². The first-order valence-electron chi connectivity index (χ1n) is 10.7. The summed E-state index contributed by atoms with van der Waals surface area (Å²) in [6.45, 7) is -0.276. The van der Waals surface area contributed by atoms with Gasteiger partial charge >= 0.3 is 5.97 Å². The van der Waals surface area contributed by atoms with Crippen LogP contribution < -0.4 is 14.4 Å². The summed E-state index contributed by atoms with van der Waals surface area (Å²) in [7, 11) is 0. The number of ether oxygens (including phenoxy) is 2. The minimum Gasteiger partial charge on any atom is -0.480 e. The zero-order valence-electron chi connectivity index (χ0n) is 17.6. The zero-order valence-corrected chi connectivity index (χ0v) is 19.4. The van der Waals surface area contributed by atoms with Crippen molar-refractivity contribution >= 4 is 58.5 Å². The predicted molar refractivity (Wildman–Crippen MR) is 131 cm³/mol. The number of carboxylic acid groups (broad SMARTS) is 1. The fourth-order valence-corrected chi connectivity index (χ4v) is 5.31. The predicted octanol–water partition coefficient (Wildman–Crippen LogP) is 4.34. The average Bonchev–Trinajstić information content (AvgIpc) is 3.50. The van der Waals surface area contributed by atoms with Gasteiger partial charge in [0, 0.05) is 35.5 Å². The Hall–Kier alpha value is -3.04. The van der Waals surface area contributed by atoms with Gasteiger partial charge in [-0.2, -0.15) is 0 Å². The van der Waals surface area contributed by atoms with Crippen LogP contribution in [0.2, 0.25) is 0 Å². The summed E-state index contributed by atoms with van der Waals surface area (Å²) in [6.07, 6.45) is 6.42. The third-order valence-corrected chi connectivity index (χ3v) is 6.83. The van der Waals surface area contributed by atoms with Crippen LogP contribution in [-0.4, -0.2) is 45.6 Å². The maximum Gasteiger partial charge on any atom is 0.323 e. The molecule has 0 spiro atoms. The number of fused-ring (bicyclic) bond motifs is 4. The molecule has 2 heterocycles. The number of carbonyl (C=O) groups is 2. The third-order valence-electron chi connectivity index (χ3n) is 6.36. The van der Waals surface area contributed by atoms with Crippen molar-refractivity contribution in [2.45, 2.75) is 31.2 Å². The molecule has 1 fully saturated rings. The summed E-state index contributed by atoms with van der Waals surface area (Å²) in [5.74, 6) is 0.286. The van der Waals surface area contributed by atoms with Gasteiger partial charge in [-0.1, -0.05) is 24.7 Å². The lowest BCUT2D eigenvalue weighted by molar-refractivity contribution is -0.140. The second kappa shape index (κ2) is 8.72. The van der Waals surface area contributed by atoms with Gasteiger partial charge < -0.3 is 19.5 Å². The largest absolute Gasteiger partial charge is 0.480 e. The number of thiocarbonyl (C=S) groups is 1. The van der Waals surface area contributed by atoms with Crippen LogP contribution in [0, 0.1) is 0 Å². The summed E-state index contributed by atoms with van der Waals surface area (Å²) in [5.41, 5.74) is 4.38. The van der Waals surface area contributed by atoms with Crippen molar-refractivity contribution in [2.24, 2.45) is 0 Å². The van der Waals surface area contributed by atoms with Gasteiger partial charge in [-0.25, -0.2) is 0 Å². The number of thiol groups is 1. The highest BCUT2D eigenvalue weighted by Gasteiger charge is 2.42. The molecule has 1 N–H and O–H groups in total.